The summed E-state index contributed by atoms with van der Waals surface area (Å²) in [5.41, 5.74) is 26.6. The minimum absolute atomic E-state index is 0.0266. The molecule has 0 spiro atoms. The van der Waals surface area contributed by atoms with E-state index in [1.165, 1.54) is 110 Å². The number of benzene rings is 3. The normalized spacial score (nSPS) is 14.0. The van der Waals surface area contributed by atoms with E-state index >= 15 is 0 Å². The van der Waals surface area contributed by atoms with Crippen molar-refractivity contribution in [3.8, 4) is 5.75 Å². The van der Waals surface area contributed by atoms with Gasteiger partial charge in [0, 0.05) is 90.7 Å². The Morgan fingerprint density at radius 1 is 0.485 bits per heavy atom. The highest BCUT2D eigenvalue weighted by molar-refractivity contribution is 6.30. The Bertz CT molecular complexity index is 4900. The van der Waals surface area contributed by atoms with E-state index in [0.717, 1.165) is 89.1 Å². The Morgan fingerprint density at radius 2 is 0.932 bits per heavy atom. The Balaban J connectivity index is 0.000000123. The summed E-state index contributed by atoms with van der Waals surface area (Å²) in [5, 5.41) is 32.2. The second-order valence-electron chi connectivity index (χ2n) is 25.1. The second-order valence-corrected chi connectivity index (χ2v) is 26.7. The molecule has 5 aliphatic rings. The fourth-order valence-electron chi connectivity index (χ4n) is 11.0. The molecule has 103 heavy (non-hydrogen) atoms. The molecule has 0 bridgehead atoms. The van der Waals surface area contributed by atoms with Gasteiger partial charge in [-0.05, 0) is 118 Å². The number of rotatable bonds is 17. The van der Waals surface area contributed by atoms with Crippen molar-refractivity contribution in [2.75, 3.05) is 46.5 Å². The molecule has 534 valence electrons. The zero-order valence-electron chi connectivity index (χ0n) is 57.6. The molecule has 3 aromatic carbocycles. The quantitative estimate of drug-likeness (QED) is 0.0245. The van der Waals surface area contributed by atoms with Gasteiger partial charge in [-0.2, -0.15) is 0 Å². The Kier molecular flexibility index (Phi) is 24.7. The molecule has 12 aromatic rings. The Hall–Kier alpha value is -10.5. The van der Waals surface area contributed by atoms with Crippen molar-refractivity contribution in [1.29, 1.82) is 0 Å². The summed E-state index contributed by atoms with van der Waals surface area (Å²) >= 11 is 22.7. The number of nitrogens with zero attached hydrogens (tertiary/aromatic N) is 15. The van der Waals surface area contributed by atoms with E-state index in [2.05, 4.69) is 174 Å². The van der Waals surface area contributed by atoms with Gasteiger partial charge in [-0.1, -0.05) is 122 Å². The first-order valence-electron chi connectivity index (χ1n) is 34.1. The largest absolute Gasteiger partial charge is 0.490 e. The number of nitro groups is 2. The Labute approximate surface area is 615 Å². The number of aromatic nitrogens is 12. The number of hydrogen-bond donors (Lipinski definition) is 5. The summed E-state index contributed by atoms with van der Waals surface area (Å²) in [7, 11) is 3.42. The molecular weight excluding hydrogens is 1390 g/mol. The van der Waals surface area contributed by atoms with Gasteiger partial charge in [0.25, 0.3) is 0 Å². The number of para-hydroxylation sites is 3. The van der Waals surface area contributed by atoms with E-state index in [-0.39, 0.29) is 27.4 Å². The van der Waals surface area contributed by atoms with E-state index in [1.54, 1.807) is 18.5 Å². The summed E-state index contributed by atoms with van der Waals surface area (Å²) < 4.78 is 11.5. The SMILES string of the molecule is CCc1ccccc1N.CCc1ccccc1N(C)c1cc2c(cn1)ncn2C1CC1.CCc1ccccc1Nc1cc2c(cn1)ncn2C1CC1.COc1cc(Cl)ncc1[N+](=O)[O-].Clc1cc2c(cn1)ncn2C1CC1.Nc1cnc(Cl)cc1NC1CC1.O=[N+]([O-])c1cnc(Cl)cc1NC1CC1. The maximum absolute atomic E-state index is 10.6. The van der Waals surface area contributed by atoms with Crippen molar-refractivity contribution in [1.82, 2.24) is 58.6 Å². The van der Waals surface area contributed by atoms with Crippen molar-refractivity contribution in [3.63, 3.8) is 0 Å². The van der Waals surface area contributed by atoms with Crippen LogP contribution < -0.4 is 37.1 Å². The predicted molar refractivity (Wildman–Crippen MR) is 411 cm³/mol. The van der Waals surface area contributed by atoms with Crippen LogP contribution in [0.2, 0.25) is 20.6 Å². The monoisotopic (exact) mass is 1470 g/mol. The molecule has 0 amide bonds. The molecule has 5 fully saturated rings. The molecule has 5 aliphatic carbocycles. The molecule has 0 atom stereocenters. The van der Waals surface area contributed by atoms with Crippen LogP contribution in [0.1, 0.15) is 120 Å². The number of hydrogen-bond acceptors (Lipinski definition) is 20. The van der Waals surface area contributed by atoms with Gasteiger partial charge in [0.2, 0.25) is 5.75 Å². The maximum Gasteiger partial charge on any atom is 0.329 e. The van der Waals surface area contributed by atoms with Crippen LogP contribution in [-0.4, -0.2) is 94.6 Å². The Morgan fingerprint density at radius 3 is 1.47 bits per heavy atom. The lowest BCUT2D eigenvalue weighted by Gasteiger charge is -2.21. The number of methoxy groups -OCH3 is 1. The van der Waals surface area contributed by atoms with Gasteiger partial charge < -0.3 is 50.8 Å². The molecule has 7 N–H and O–H groups in total. The third-order valence-electron chi connectivity index (χ3n) is 17.4. The van der Waals surface area contributed by atoms with Crippen molar-refractivity contribution in [2.45, 2.75) is 134 Å². The highest BCUT2D eigenvalue weighted by atomic mass is 35.5. The molecular formula is C74H80Cl4N20O5. The smallest absolute Gasteiger partial charge is 0.329 e. The first kappa shape index (κ1) is 73.7. The topological polar surface area (TPSA) is 318 Å². The van der Waals surface area contributed by atoms with Gasteiger partial charge in [0.1, 0.15) is 66.9 Å². The first-order chi connectivity index (χ1) is 49.9. The molecule has 0 unspecified atom stereocenters. The van der Waals surface area contributed by atoms with Crippen molar-refractivity contribution < 1.29 is 14.6 Å². The lowest BCUT2D eigenvalue weighted by molar-refractivity contribution is -0.386. The van der Waals surface area contributed by atoms with Crippen LogP contribution in [0.25, 0.3) is 33.1 Å². The van der Waals surface area contributed by atoms with Crippen molar-refractivity contribution in [2.24, 2.45) is 0 Å². The summed E-state index contributed by atoms with van der Waals surface area (Å²) in [4.78, 5) is 59.4. The van der Waals surface area contributed by atoms with E-state index in [4.69, 9.17) is 62.6 Å². The maximum atomic E-state index is 10.6. The number of anilines is 8. The predicted octanol–water partition coefficient (Wildman–Crippen LogP) is 18.2. The molecule has 0 saturated heterocycles. The van der Waals surface area contributed by atoms with Gasteiger partial charge >= 0.3 is 11.4 Å². The second kappa shape index (κ2) is 34.5. The number of halogens is 4. The average molecular weight is 1470 g/mol. The lowest BCUT2D eigenvalue weighted by Crippen LogP contribution is -2.13. The first-order valence-corrected chi connectivity index (χ1v) is 35.6. The fraction of sp³-hybridized carbons (Fsp3) is 0.311. The highest BCUT2D eigenvalue weighted by Crippen LogP contribution is 2.41. The number of aryl methyl sites for hydroxylation is 3. The average Bonchev–Trinajstić information content (AvgIpc) is 1.64. The van der Waals surface area contributed by atoms with Gasteiger partial charge in [0.05, 0.1) is 88.7 Å². The molecule has 9 aromatic heterocycles. The zero-order valence-corrected chi connectivity index (χ0v) is 60.6. The van der Waals surface area contributed by atoms with E-state index < -0.39 is 9.85 Å². The minimum atomic E-state index is -0.581. The molecule has 25 nitrogen and oxygen atoms in total. The number of nitrogens with one attached hydrogen (secondary N) is 3. The fourth-order valence-corrected chi connectivity index (χ4v) is 11.6. The highest BCUT2D eigenvalue weighted by Gasteiger charge is 2.29. The molecule has 0 aliphatic heterocycles. The summed E-state index contributed by atoms with van der Waals surface area (Å²) in [5.74, 6) is 1.96. The molecule has 17 rings (SSSR count). The van der Waals surface area contributed by atoms with Gasteiger partial charge in [-0.25, -0.2) is 44.9 Å². The number of imidazole rings is 3. The summed E-state index contributed by atoms with van der Waals surface area (Å²) in [6.07, 6.45) is 30.2. The van der Waals surface area contributed by atoms with Gasteiger partial charge in [-0.3, -0.25) is 20.2 Å². The van der Waals surface area contributed by atoms with E-state index in [0.29, 0.717) is 51.9 Å². The van der Waals surface area contributed by atoms with E-state index in [1.807, 2.05) is 55.6 Å². The third-order valence-corrected chi connectivity index (χ3v) is 18.2. The van der Waals surface area contributed by atoms with Crippen LogP contribution in [0.3, 0.4) is 0 Å². The summed E-state index contributed by atoms with van der Waals surface area (Å²) in [6, 6.07) is 38.3. The zero-order chi connectivity index (χ0) is 72.7. The minimum Gasteiger partial charge on any atom is -0.490 e. The van der Waals surface area contributed by atoms with Crippen LogP contribution in [-0.2, 0) is 19.3 Å². The van der Waals surface area contributed by atoms with Crippen LogP contribution in [0.4, 0.5) is 57.1 Å². The molecule has 29 heteroatoms. The van der Waals surface area contributed by atoms with Crippen molar-refractivity contribution >= 4 is 137 Å². The number of fused-ring (bicyclic) bond motifs is 3. The van der Waals surface area contributed by atoms with Gasteiger partial charge in [-0.15, -0.1) is 0 Å². The number of nitrogens with two attached hydrogens (primary N) is 2. The van der Waals surface area contributed by atoms with Crippen LogP contribution in [0.5, 0.6) is 5.75 Å². The molecule has 9 heterocycles. The molecule has 5 saturated carbocycles. The number of nitrogen functional groups attached to an aromatic ring is 2. The van der Waals surface area contributed by atoms with E-state index in [9.17, 15) is 20.2 Å². The van der Waals surface area contributed by atoms with Crippen molar-refractivity contribution in [3.05, 3.63) is 223 Å². The van der Waals surface area contributed by atoms with Crippen LogP contribution in [0, 0.1) is 20.2 Å². The lowest BCUT2D eigenvalue weighted by atomic mass is 10.1. The van der Waals surface area contributed by atoms with Crippen LogP contribution in [0.15, 0.2) is 165 Å². The number of pyridine rings is 6. The third kappa shape index (κ3) is 20.2. The number of ether oxygens (including phenoxy) is 1. The standard InChI is InChI=1S/C18H20N4.C17H18N4.C9H8ClN3.C8H8ClN3O2.C8H10ClN3.C8H11N.C6H5ClN2O3/c1-3-13-6-4-5-7-16(13)21(2)18-10-17-15(11-19-18)20-12-22(17)14-8-9-14;1-2-12-5-3-4-6-14(12)20-17-9-16-15(10-18-17)19-11-21(16)13-7-8-13;10-9-3-8-7(4-11-9)12-5-13(8)6-1-2-6;9-8-3-6(11-5-1-2-5)7(4-10-8)12(13)14;9-8-3-7(6(10)4-11-8)12-5-1-2-5;1-2-7-5-3-4-6-8(7)9;1-12-5-2-6(7)8-3-4(5)9(10)11/h4-7,10-12,14H,3,8-9H2,1-2H3;3-6,9-11,13H,2,7-8H2,1H3,(H,18,20);3-6H,1-2H2;3-5H,1-2H2,(H,10,11);3-5H,1-2,10H2,(H,11,12);3-6H,2,9H2,1H3;2-3H,1H3. The van der Waals surface area contributed by atoms with Crippen LogP contribution >= 0.6 is 46.4 Å². The molecule has 0 radical (unpaired) electrons. The van der Waals surface area contributed by atoms with Gasteiger partial charge in [0.15, 0.2) is 0 Å². The summed E-state index contributed by atoms with van der Waals surface area (Å²) in [6.45, 7) is 6.45.